The number of hydrogen-bond acceptors (Lipinski definition) is 6. The first-order valence-corrected chi connectivity index (χ1v) is 7.26. The van der Waals surface area contributed by atoms with E-state index in [2.05, 4.69) is 9.80 Å². The number of nitro benzene ring substituents is 1. The van der Waals surface area contributed by atoms with Gasteiger partial charge in [0.2, 0.25) is 0 Å². The predicted molar refractivity (Wildman–Crippen MR) is 80.5 cm³/mol. The molecule has 2 fully saturated rings. The van der Waals surface area contributed by atoms with Crippen LogP contribution < -0.4 is 10.6 Å². The van der Waals surface area contributed by atoms with Gasteiger partial charge in [-0.15, -0.1) is 0 Å². The monoisotopic (exact) mass is 292 g/mol. The molecule has 2 aliphatic heterocycles. The molecule has 1 atom stereocenters. The first-order valence-electron chi connectivity index (χ1n) is 7.26. The van der Waals surface area contributed by atoms with Crippen LogP contribution >= 0.6 is 0 Å². The average Bonchev–Trinajstić information content (AvgIpc) is 2.97. The molecule has 2 heterocycles. The highest BCUT2D eigenvalue weighted by Crippen LogP contribution is 2.31. The van der Waals surface area contributed by atoms with E-state index in [4.69, 9.17) is 10.5 Å². The van der Waals surface area contributed by atoms with Gasteiger partial charge in [-0.25, -0.2) is 0 Å². The van der Waals surface area contributed by atoms with Crippen LogP contribution in [0.2, 0.25) is 0 Å². The van der Waals surface area contributed by atoms with Crippen LogP contribution in [0.4, 0.5) is 17.1 Å². The van der Waals surface area contributed by atoms with Crippen molar-refractivity contribution in [2.24, 2.45) is 0 Å². The second kappa shape index (κ2) is 5.87. The molecule has 0 amide bonds. The molecule has 114 valence electrons. The zero-order chi connectivity index (χ0) is 14.8. The molecule has 3 rings (SSSR count). The van der Waals surface area contributed by atoms with Crippen LogP contribution in [0.5, 0.6) is 0 Å². The van der Waals surface area contributed by atoms with Gasteiger partial charge in [-0.1, -0.05) is 0 Å². The molecule has 2 aliphatic rings. The number of nitro groups is 1. The summed E-state index contributed by atoms with van der Waals surface area (Å²) in [6.07, 6.45) is 1.09. The second-order valence-electron chi connectivity index (χ2n) is 5.54. The van der Waals surface area contributed by atoms with E-state index < -0.39 is 4.92 Å². The number of nitrogens with zero attached hydrogens (tertiary/aromatic N) is 3. The third-order valence-corrected chi connectivity index (χ3v) is 4.29. The Morgan fingerprint density at radius 1 is 1.29 bits per heavy atom. The van der Waals surface area contributed by atoms with Crippen LogP contribution in [-0.4, -0.2) is 55.3 Å². The summed E-state index contributed by atoms with van der Waals surface area (Å²) >= 11 is 0. The Balaban J connectivity index is 1.69. The molecule has 2 N–H and O–H groups in total. The Kier molecular flexibility index (Phi) is 3.94. The zero-order valence-corrected chi connectivity index (χ0v) is 11.9. The molecule has 0 aliphatic carbocycles. The van der Waals surface area contributed by atoms with Gasteiger partial charge in [0.1, 0.15) is 0 Å². The number of morpholine rings is 1. The smallest absolute Gasteiger partial charge is 0.271 e. The number of nitrogens with two attached hydrogens (primary N) is 1. The molecular formula is C14H20N4O3. The molecule has 0 spiro atoms. The van der Waals surface area contributed by atoms with E-state index in [1.165, 1.54) is 12.1 Å². The van der Waals surface area contributed by atoms with E-state index in [1.807, 2.05) is 0 Å². The van der Waals surface area contributed by atoms with Crippen molar-refractivity contribution in [2.45, 2.75) is 12.5 Å². The summed E-state index contributed by atoms with van der Waals surface area (Å²) in [5.41, 5.74) is 7.40. The molecular weight excluding hydrogens is 272 g/mol. The van der Waals surface area contributed by atoms with Crippen molar-refractivity contribution in [3.8, 4) is 0 Å². The van der Waals surface area contributed by atoms with E-state index in [0.717, 1.165) is 51.5 Å². The standard InChI is InChI=1S/C14H20N4O3/c15-13-9-11(18(19)20)1-2-14(13)17-4-3-12(10-17)16-5-7-21-8-6-16/h1-2,9,12H,3-8,10,15H2. The number of nitrogen functional groups attached to an aromatic ring is 1. The van der Waals surface area contributed by atoms with Crippen molar-refractivity contribution in [1.82, 2.24) is 4.90 Å². The van der Waals surface area contributed by atoms with Gasteiger partial charge in [0.15, 0.2) is 0 Å². The topological polar surface area (TPSA) is 84.9 Å². The van der Waals surface area contributed by atoms with Crippen LogP contribution in [0, 0.1) is 10.1 Å². The van der Waals surface area contributed by atoms with E-state index in [-0.39, 0.29) is 5.69 Å². The molecule has 1 aromatic carbocycles. The first kappa shape index (κ1) is 14.1. The fourth-order valence-electron chi connectivity index (χ4n) is 3.14. The van der Waals surface area contributed by atoms with Gasteiger partial charge in [-0.05, 0) is 12.5 Å². The number of benzene rings is 1. The molecule has 1 aromatic rings. The number of non-ortho nitro benzene ring substituents is 1. The SMILES string of the molecule is Nc1cc([N+](=O)[O-])ccc1N1CCC(N2CCOCC2)C1. The summed E-state index contributed by atoms with van der Waals surface area (Å²) in [7, 11) is 0. The van der Waals surface area contributed by atoms with Gasteiger partial charge >= 0.3 is 0 Å². The highest BCUT2D eigenvalue weighted by atomic mass is 16.6. The van der Waals surface area contributed by atoms with Gasteiger partial charge in [-0.3, -0.25) is 15.0 Å². The second-order valence-corrected chi connectivity index (χ2v) is 5.54. The van der Waals surface area contributed by atoms with Crippen LogP contribution in [-0.2, 0) is 4.74 Å². The molecule has 7 nitrogen and oxygen atoms in total. The van der Waals surface area contributed by atoms with Gasteiger partial charge in [0.05, 0.1) is 29.5 Å². The van der Waals surface area contributed by atoms with E-state index in [1.54, 1.807) is 6.07 Å². The van der Waals surface area contributed by atoms with Crippen molar-refractivity contribution in [2.75, 3.05) is 50.0 Å². The lowest BCUT2D eigenvalue weighted by atomic mass is 10.2. The average molecular weight is 292 g/mol. The van der Waals surface area contributed by atoms with Gasteiger partial charge < -0.3 is 15.4 Å². The minimum atomic E-state index is -0.416. The number of ether oxygens (including phenoxy) is 1. The maximum atomic E-state index is 10.8. The maximum Gasteiger partial charge on any atom is 0.271 e. The highest BCUT2D eigenvalue weighted by Gasteiger charge is 2.29. The molecule has 2 saturated heterocycles. The lowest BCUT2D eigenvalue weighted by Gasteiger charge is -2.32. The van der Waals surface area contributed by atoms with Crippen LogP contribution in [0.1, 0.15) is 6.42 Å². The molecule has 0 radical (unpaired) electrons. The van der Waals surface area contributed by atoms with E-state index in [9.17, 15) is 10.1 Å². The van der Waals surface area contributed by atoms with Crippen molar-refractivity contribution < 1.29 is 9.66 Å². The van der Waals surface area contributed by atoms with Gasteiger partial charge in [0.25, 0.3) is 5.69 Å². The van der Waals surface area contributed by atoms with Gasteiger partial charge in [-0.2, -0.15) is 0 Å². The molecule has 1 unspecified atom stereocenters. The Morgan fingerprint density at radius 2 is 2.05 bits per heavy atom. The Bertz CT molecular complexity index is 531. The van der Waals surface area contributed by atoms with Crippen LogP contribution in [0.3, 0.4) is 0 Å². The maximum absolute atomic E-state index is 10.8. The lowest BCUT2D eigenvalue weighted by molar-refractivity contribution is -0.384. The van der Waals surface area contributed by atoms with Crippen molar-refractivity contribution in [3.63, 3.8) is 0 Å². The summed E-state index contributed by atoms with van der Waals surface area (Å²) in [5, 5.41) is 10.8. The van der Waals surface area contributed by atoms with Crippen molar-refractivity contribution in [3.05, 3.63) is 28.3 Å². The van der Waals surface area contributed by atoms with Crippen LogP contribution in [0.15, 0.2) is 18.2 Å². The Hall–Kier alpha value is -1.86. The summed E-state index contributed by atoms with van der Waals surface area (Å²) in [6, 6.07) is 5.24. The third kappa shape index (κ3) is 2.93. The van der Waals surface area contributed by atoms with E-state index in [0.29, 0.717) is 11.7 Å². The predicted octanol–water partition coefficient (Wildman–Crippen LogP) is 1.09. The summed E-state index contributed by atoms with van der Waals surface area (Å²) < 4.78 is 5.39. The van der Waals surface area contributed by atoms with Crippen LogP contribution in [0.25, 0.3) is 0 Å². The minimum Gasteiger partial charge on any atom is -0.397 e. The molecule has 0 aromatic heterocycles. The summed E-state index contributed by atoms with van der Waals surface area (Å²) in [4.78, 5) is 15.0. The number of anilines is 2. The normalized spacial score (nSPS) is 23.4. The van der Waals surface area contributed by atoms with E-state index >= 15 is 0 Å². The van der Waals surface area contributed by atoms with Crippen molar-refractivity contribution in [1.29, 1.82) is 0 Å². The Morgan fingerprint density at radius 3 is 2.71 bits per heavy atom. The summed E-state index contributed by atoms with van der Waals surface area (Å²) in [5.74, 6) is 0. The quantitative estimate of drug-likeness (QED) is 0.510. The molecule has 0 bridgehead atoms. The minimum absolute atomic E-state index is 0.0418. The number of hydrogen-bond donors (Lipinski definition) is 1. The number of rotatable bonds is 3. The fraction of sp³-hybridized carbons (Fsp3) is 0.571. The van der Waals surface area contributed by atoms with Gasteiger partial charge in [0, 0.05) is 44.4 Å². The molecule has 21 heavy (non-hydrogen) atoms. The summed E-state index contributed by atoms with van der Waals surface area (Å²) in [6.45, 7) is 5.42. The Labute approximate surface area is 123 Å². The first-order chi connectivity index (χ1) is 10.1. The third-order valence-electron chi connectivity index (χ3n) is 4.29. The largest absolute Gasteiger partial charge is 0.397 e. The zero-order valence-electron chi connectivity index (χ0n) is 11.9. The van der Waals surface area contributed by atoms with Crippen molar-refractivity contribution >= 4 is 17.1 Å². The highest BCUT2D eigenvalue weighted by molar-refractivity contribution is 5.71. The molecule has 7 heteroatoms. The lowest BCUT2D eigenvalue weighted by Crippen LogP contribution is -2.44. The molecule has 0 saturated carbocycles. The fourth-order valence-corrected chi connectivity index (χ4v) is 3.14.